The van der Waals surface area contributed by atoms with Crippen molar-refractivity contribution in [3.63, 3.8) is 0 Å². The molecule has 1 saturated heterocycles. The summed E-state index contributed by atoms with van der Waals surface area (Å²) in [7, 11) is 2.14. The number of piperidine rings is 1. The van der Waals surface area contributed by atoms with E-state index in [4.69, 9.17) is 4.74 Å². The van der Waals surface area contributed by atoms with Crippen LogP contribution < -0.4 is 4.74 Å². The van der Waals surface area contributed by atoms with Crippen molar-refractivity contribution in [1.29, 1.82) is 0 Å². The van der Waals surface area contributed by atoms with Crippen molar-refractivity contribution in [3.8, 4) is 17.1 Å². The predicted octanol–water partition coefficient (Wildman–Crippen LogP) is 2.93. The Hall–Kier alpha value is -1.92. The third-order valence-electron chi connectivity index (χ3n) is 4.02. The van der Waals surface area contributed by atoms with Gasteiger partial charge in [0, 0.05) is 23.6 Å². The van der Waals surface area contributed by atoms with Gasteiger partial charge in [0.15, 0.2) is 5.65 Å². The zero-order valence-electron chi connectivity index (χ0n) is 12.5. The average molecular weight is 314 g/mol. The molecule has 0 saturated carbocycles. The first kappa shape index (κ1) is 13.7. The highest BCUT2D eigenvalue weighted by atomic mass is 32.1. The molecule has 6 heteroatoms. The van der Waals surface area contributed by atoms with Gasteiger partial charge in [0.2, 0.25) is 5.88 Å². The van der Waals surface area contributed by atoms with Crippen LogP contribution >= 0.6 is 11.3 Å². The summed E-state index contributed by atoms with van der Waals surface area (Å²) in [4.78, 5) is 6.72. The number of hydrogen-bond donors (Lipinski definition) is 0. The molecule has 1 fully saturated rings. The first-order valence-electron chi connectivity index (χ1n) is 7.52. The molecule has 4 rings (SSSR count). The van der Waals surface area contributed by atoms with E-state index in [1.54, 1.807) is 11.3 Å². The summed E-state index contributed by atoms with van der Waals surface area (Å²) in [6, 6.07) is 5.96. The largest absolute Gasteiger partial charge is 0.472 e. The third kappa shape index (κ3) is 2.60. The molecule has 114 valence electrons. The van der Waals surface area contributed by atoms with Gasteiger partial charge < -0.3 is 9.64 Å². The Labute approximate surface area is 133 Å². The van der Waals surface area contributed by atoms with Gasteiger partial charge in [-0.2, -0.15) is 11.3 Å². The van der Waals surface area contributed by atoms with Crippen LogP contribution in [0.1, 0.15) is 12.8 Å². The fourth-order valence-electron chi connectivity index (χ4n) is 2.91. The summed E-state index contributed by atoms with van der Waals surface area (Å²) in [5.41, 5.74) is 2.98. The number of hydrogen-bond acceptors (Lipinski definition) is 5. The zero-order chi connectivity index (χ0) is 14.9. The fourth-order valence-corrected chi connectivity index (χ4v) is 3.56. The van der Waals surface area contributed by atoms with E-state index in [0.717, 1.165) is 36.4 Å². The number of rotatable bonds is 3. The van der Waals surface area contributed by atoms with E-state index >= 15 is 0 Å². The molecule has 22 heavy (non-hydrogen) atoms. The second-order valence-electron chi connectivity index (χ2n) is 5.74. The van der Waals surface area contributed by atoms with Gasteiger partial charge >= 0.3 is 0 Å². The minimum absolute atomic E-state index is 0.219. The minimum atomic E-state index is 0.219. The maximum absolute atomic E-state index is 6.08. The van der Waals surface area contributed by atoms with Crippen molar-refractivity contribution in [2.45, 2.75) is 18.9 Å². The second kappa shape index (κ2) is 5.70. The normalized spacial score (nSPS) is 19.6. The quantitative estimate of drug-likeness (QED) is 0.745. The first-order valence-corrected chi connectivity index (χ1v) is 8.46. The van der Waals surface area contributed by atoms with Gasteiger partial charge in [-0.25, -0.2) is 9.50 Å². The van der Waals surface area contributed by atoms with E-state index in [1.807, 2.05) is 22.8 Å². The molecule has 0 amide bonds. The summed E-state index contributed by atoms with van der Waals surface area (Å²) >= 11 is 1.67. The molecule has 1 atom stereocenters. The van der Waals surface area contributed by atoms with Crippen LogP contribution in [0, 0.1) is 0 Å². The van der Waals surface area contributed by atoms with Gasteiger partial charge in [-0.3, -0.25) is 0 Å². The minimum Gasteiger partial charge on any atom is -0.472 e. The van der Waals surface area contributed by atoms with Gasteiger partial charge in [0.05, 0.1) is 11.9 Å². The lowest BCUT2D eigenvalue weighted by molar-refractivity contribution is 0.0988. The molecule has 0 bridgehead atoms. The molecule has 1 aliphatic heterocycles. The van der Waals surface area contributed by atoms with Gasteiger partial charge in [0.1, 0.15) is 6.10 Å². The van der Waals surface area contributed by atoms with Gasteiger partial charge in [-0.05, 0) is 43.9 Å². The summed E-state index contributed by atoms with van der Waals surface area (Å²) in [6.45, 7) is 2.11. The van der Waals surface area contributed by atoms with Gasteiger partial charge in [0.25, 0.3) is 0 Å². The smallest absolute Gasteiger partial charge is 0.232 e. The van der Waals surface area contributed by atoms with Crippen LogP contribution in [0.5, 0.6) is 5.88 Å². The van der Waals surface area contributed by atoms with Crippen molar-refractivity contribution in [2.24, 2.45) is 0 Å². The van der Waals surface area contributed by atoms with Crippen LogP contribution in [0.3, 0.4) is 0 Å². The third-order valence-corrected chi connectivity index (χ3v) is 4.71. The van der Waals surface area contributed by atoms with Crippen molar-refractivity contribution in [3.05, 3.63) is 35.2 Å². The highest BCUT2D eigenvalue weighted by Crippen LogP contribution is 2.24. The number of thiophene rings is 1. The molecule has 3 aromatic heterocycles. The molecule has 3 aromatic rings. The van der Waals surface area contributed by atoms with E-state index in [0.29, 0.717) is 5.88 Å². The molecule has 5 nitrogen and oxygen atoms in total. The van der Waals surface area contributed by atoms with E-state index < -0.39 is 0 Å². The van der Waals surface area contributed by atoms with E-state index in [1.165, 1.54) is 6.42 Å². The summed E-state index contributed by atoms with van der Waals surface area (Å²) in [5.74, 6) is 0.669. The van der Waals surface area contributed by atoms with Crippen molar-refractivity contribution < 1.29 is 4.74 Å². The summed E-state index contributed by atoms with van der Waals surface area (Å²) in [6.07, 6.45) is 4.35. The highest BCUT2D eigenvalue weighted by Gasteiger charge is 2.19. The van der Waals surface area contributed by atoms with Crippen LogP contribution in [-0.4, -0.2) is 45.7 Å². The van der Waals surface area contributed by atoms with Crippen LogP contribution in [-0.2, 0) is 0 Å². The number of imidazole rings is 1. The van der Waals surface area contributed by atoms with E-state index in [2.05, 4.69) is 38.9 Å². The number of likely N-dealkylation sites (N-methyl/N-ethyl adjacent to an activating group) is 1. The fraction of sp³-hybridized carbons (Fsp3) is 0.375. The van der Waals surface area contributed by atoms with Crippen LogP contribution in [0.4, 0.5) is 0 Å². The monoisotopic (exact) mass is 314 g/mol. The standard InChI is InChI=1S/C16H18N4OS/c1-19-7-2-3-13(10-19)21-16-5-4-15-17-9-14(20(15)18-16)12-6-8-22-11-12/h4-6,8-9,11,13H,2-3,7,10H2,1H3. The van der Waals surface area contributed by atoms with Gasteiger partial charge in [-0.1, -0.05) is 0 Å². The number of fused-ring (bicyclic) bond motifs is 1. The van der Waals surface area contributed by atoms with E-state index in [9.17, 15) is 0 Å². The second-order valence-corrected chi connectivity index (χ2v) is 6.52. The Morgan fingerprint density at radius 3 is 3.09 bits per heavy atom. The Bertz CT molecular complexity index is 768. The Morgan fingerprint density at radius 2 is 2.27 bits per heavy atom. The molecule has 0 spiro atoms. The van der Waals surface area contributed by atoms with Crippen molar-refractivity contribution >= 4 is 17.0 Å². The maximum atomic E-state index is 6.08. The first-order chi connectivity index (χ1) is 10.8. The van der Waals surface area contributed by atoms with Gasteiger partial charge in [-0.15, -0.1) is 5.10 Å². The van der Waals surface area contributed by atoms with Crippen molar-refractivity contribution in [2.75, 3.05) is 20.1 Å². The SMILES string of the molecule is CN1CCCC(Oc2ccc3ncc(-c4ccsc4)n3n2)C1. The average Bonchev–Trinajstić information content (AvgIpc) is 3.15. The molecular weight excluding hydrogens is 296 g/mol. The molecule has 1 aliphatic rings. The maximum Gasteiger partial charge on any atom is 0.232 e. The number of aromatic nitrogens is 3. The predicted molar refractivity (Wildman–Crippen MR) is 87.4 cm³/mol. The molecule has 1 unspecified atom stereocenters. The Kier molecular flexibility index (Phi) is 3.56. The number of ether oxygens (including phenoxy) is 1. The molecule has 0 aromatic carbocycles. The number of likely N-dealkylation sites (tertiary alicyclic amines) is 1. The van der Waals surface area contributed by atoms with Crippen LogP contribution in [0.2, 0.25) is 0 Å². The molecular formula is C16H18N4OS. The molecule has 4 heterocycles. The van der Waals surface area contributed by atoms with Crippen LogP contribution in [0.15, 0.2) is 35.2 Å². The Balaban J connectivity index is 1.63. The lowest BCUT2D eigenvalue weighted by Crippen LogP contribution is -2.38. The molecule has 0 N–H and O–H groups in total. The highest BCUT2D eigenvalue weighted by molar-refractivity contribution is 7.08. The van der Waals surface area contributed by atoms with E-state index in [-0.39, 0.29) is 6.10 Å². The zero-order valence-corrected chi connectivity index (χ0v) is 13.3. The topological polar surface area (TPSA) is 42.7 Å². The number of nitrogens with zero attached hydrogens (tertiary/aromatic N) is 4. The molecule has 0 radical (unpaired) electrons. The Morgan fingerprint density at radius 1 is 1.32 bits per heavy atom. The van der Waals surface area contributed by atoms with Crippen LogP contribution in [0.25, 0.3) is 16.9 Å². The summed E-state index contributed by atoms with van der Waals surface area (Å²) < 4.78 is 7.94. The lowest BCUT2D eigenvalue weighted by atomic mass is 10.1. The molecule has 0 aliphatic carbocycles. The lowest BCUT2D eigenvalue weighted by Gasteiger charge is -2.29. The van der Waals surface area contributed by atoms with Crippen molar-refractivity contribution in [1.82, 2.24) is 19.5 Å². The summed E-state index contributed by atoms with van der Waals surface area (Å²) in [5, 5.41) is 8.80.